The van der Waals surface area contributed by atoms with Crippen molar-refractivity contribution in [3.8, 4) is 16.5 Å². The molecule has 0 fully saturated rings. The summed E-state index contributed by atoms with van der Waals surface area (Å²) < 4.78 is 6.84. The Morgan fingerprint density at radius 1 is 0.950 bits per heavy atom. The topological polar surface area (TPSA) is 22.1 Å². The van der Waals surface area contributed by atoms with Crippen LogP contribution in [0.15, 0.2) is 64.5 Å². The number of ether oxygens (including phenoxy) is 1. The van der Waals surface area contributed by atoms with Crippen molar-refractivity contribution in [1.82, 2.24) is 4.98 Å². The largest absolute Gasteiger partial charge is 0.473 e. The van der Waals surface area contributed by atoms with E-state index in [0.29, 0.717) is 12.5 Å². The van der Waals surface area contributed by atoms with E-state index >= 15 is 0 Å². The van der Waals surface area contributed by atoms with E-state index in [9.17, 15) is 0 Å². The highest BCUT2D eigenvalue weighted by atomic mass is 79.9. The van der Waals surface area contributed by atoms with Crippen LogP contribution in [0.3, 0.4) is 0 Å². The molecule has 2 aromatic heterocycles. The number of hydrogen-bond donors (Lipinski definition) is 0. The summed E-state index contributed by atoms with van der Waals surface area (Å²) in [4.78, 5) is 5.67. The van der Waals surface area contributed by atoms with Crippen LogP contribution in [0.2, 0.25) is 0 Å². The van der Waals surface area contributed by atoms with Crippen molar-refractivity contribution in [1.29, 1.82) is 0 Å². The first-order valence-corrected chi connectivity index (χ1v) is 7.82. The number of rotatable bonds is 4. The summed E-state index contributed by atoms with van der Waals surface area (Å²) in [5, 5.41) is 0. The minimum Gasteiger partial charge on any atom is -0.473 e. The summed E-state index contributed by atoms with van der Waals surface area (Å²) in [5.41, 5.74) is 2.07. The van der Waals surface area contributed by atoms with E-state index in [-0.39, 0.29) is 0 Å². The molecule has 0 saturated carbocycles. The molecule has 0 bridgehead atoms. The van der Waals surface area contributed by atoms with Crippen LogP contribution >= 0.6 is 27.3 Å². The number of nitrogens with zero attached hydrogens (tertiary/aromatic N) is 1. The second-order valence-electron chi connectivity index (χ2n) is 4.24. The van der Waals surface area contributed by atoms with Crippen LogP contribution in [0.4, 0.5) is 0 Å². The molecule has 0 aliphatic rings. The van der Waals surface area contributed by atoms with E-state index in [1.54, 1.807) is 11.3 Å². The third-order valence-corrected chi connectivity index (χ3v) is 4.42. The summed E-state index contributed by atoms with van der Waals surface area (Å²) in [7, 11) is 0. The third kappa shape index (κ3) is 3.26. The predicted octanol–water partition coefficient (Wildman–Crippen LogP) is 5.15. The molecular formula is C16H12BrNOS. The van der Waals surface area contributed by atoms with Crippen molar-refractivity contribution in [2.45, 2.75) is 6.61 Å². The Kier molecular flexibility index (Phi) is 4.14. The molecule has 100 valence electrons. The number of pyridine rings is 1. The van der Waals surface area contributed by atoms with Crippen molar-refractivity contribution in [3.05, 3.63) is 70.0 Å². The predicted molar refractivity (Wildman–Crippen MR) is 86.0 cm³/mol. The van der Waals surface area contributed by atoms with Crippen molar-refractivity contribution in [2.75, 3.05) is 0 Å². The van der Waals surface area contributed by atoms with Gasteiger partial charge in [0.15, 0.2) is 0 Å². The molecule has 20 heavy (non-hydrogen) atoms. The minimum atomic E-state index is 0.533. The van der Waals surface area contributed by atoms with Gasteiger partial charge in [-0.05, 0) is 39.7 Å². The molecular weight excluding hydrogens is 334 g/mol. The average molecular weight is 346 g/mol. The van der Waals surface area contributed by atoms with E-state index in [2.05, 4.69) is 27.0 Å². The normalized spacial score (nSPS) is 10.4. The summed E-state index contributed by atoms with van der Waals surface area (Å²) in [6.07, 6.45) is 0. The lowest BCUT2D eigenvalue weighted by Gasteiger charge is -2.06. The number of hydrogen-bond acceptors (Lipinski definition) is 3. The van der Waals surface area contributed by atoms with Gasteiger partial charge in [-0.3, -0.25) is 0 Å². The third-order valence-electron chi connectivity index (χ3n) is 2.78. The fraction of sp³-hybridized carbons (Fsp3) is 0.0625. The summed E-state index contributed by atoms with van der Waals surface area (Å²) in [6, 6.07) is 20.0. The van der Waals surface area contributed by atoms with Gasteiger partial charge in [-0.1, -0.05) is 36.4 Å². The van der Waals surface area contributed by atoms with E-state index in [4.69, 9.17) is 4.74 Å². The number of halogens is 1. The van der Waals surface area contributed by atoms with Crippen molar-refractivity contribution in [3.63, 3.8) is 0 Å². The fourth-order valence-corrected chi connectivity index (χ4v) is 3.17. The Hall–Kier alpha value is -1.65. The van der Waals surface area contributed by atoms with Crippen LogP contribution in [-0.2, 0) is 6.61 Å². The van der Waals surface area contributed by atoms with Crippen LogP contribution in [-0.4, -0.2) is 4.98 Å². The van der Waals surface area contributed by atoms with E-state index in [0.717, 1.165) is 19.9 Å². The van der Waals surface area contributed by atoms with Gasteiger partial charge >= 0.3 is 0 Å². The zero-order valence-corrected chi connectivity index (χ0v) is 13.0. The van der Waals surface area contributed by atoms with Crippen LogP contribution < -0.4 is 4.74 Å². The zero-order valence-electron chi connectivity index (χ0n) is 10.6. The molecule has 0 saturated heterocycles. The number of thiophene rings is 1. The molecule has 0 atom stereocenters. The van der Waals surface area contributed by atoms with Crippen molar-refractivity contribution < 1.29 is 4.74 Å². The average Bonchev–Trinajstić information content (AvgIpc) is 2.93. The smallest absolute Gasteiger partial charge is 0.214 e. The molecule has 1 aromatic carbocycles. The monoisotopic (exact) mass is 345 g/mol. The van der Waals surface area contributed by atoms with Gasteiger partial charge in [-0.2, -0.15) is 0 Å². The van der Waals surface area contributed by atoms with Gasteiger partial charge in [0.05, 0.1) is 14.4 Å². The Labute approximate surface area is 130 Å². The first-order chi connectivity index (χ1) is 9.81. The molecule has 3 rings (SSSR count). The molecule has 0 aliphatic heterocycles. The standard InChI is InChI=1S/C16H12BrNOS/c17-15-10-9-14(20-15)13-7-4-8-16(18-13)19-11-12-5-2-1-3-6-12/h1-10H,11H2. The minimum absolute atomic E-state index is 0.533. The van der Waals surface area contributed by atoms with E-state index < -0.39 is 0 Å². The van der Waals surface area contributed by atoms with Crippen LogP contribution in [0.1, 0.15) is 5.56 Å². The lowest BCUT2D eigenvalue weighted by Crippen LogP contribution is -1.97. The van der Waals surface area contributed by atoms with Gasteiger partial charge in [-0.25, -0.2) is 4.98 Å². The molecule has 0 unspecified atom stereocenters. The second-order valence-corrected chi connectivity index (χ2v) is 6.70. The first-order valence-electron chi connectivity index (χ1n) is 6.21. The molecule has 4 heteroatoms. The summed E-state index contributed by atoms with van der Waals surface area (Å²) in [5.74, 6) is 0.649. The highest BCUT2D eigenvalue weighted by molar-refractivity contribution is 9.11. The Morgan fingerprint density at radius 3 is 2.55 bits per heavy atom. The van der Waals surface area contributed by atoms with Crippen molar-refractivity contribution >= 4 is 27.3 Å². The number of benzene rings is 1. The van der Waals surface area contributed by atoms with Crippen molar-refractivity contribution in [2.24, 2.45) is 0 Å². The molecule has 2 heterocycles. The van der Waals surface area contributed by atoms with E-state index in [1.165, 1.54) is 0 Å². The lowest BCUT2D eigenvalue weighted by molar-refractivity contribution is 0.294. The molecule has 0 aliphatic carbocycles. The SMILES string of the molecule is Brc1ccc(-c2cccc(OCc3ccccc3)n2)s1. The van der Waals surface area contributed by atoms with Gasteiger partial charge in [0.2, 0.25) is 5.88 Å². The first kappa shape index (κ1) is 13.3. The van der Waals surface area contributed by atoms with E-state index in [1.807, 2.05) is 54.6 Å². The maximum Gasteiger partial charge on any atom is 0.214 e. The molecule has 0 spiro atoms. The second kappa shape index (κ2) is 6.20. The lowest BCUT2D eigenvalue weighted by atomic mass is 10.2. The van der Waals surface area contributed by atoms with Crippen LogP contribution in [0, 0.1) is 0 Å². The maximum absolute atomic E-state index is 5.74. The Bertz CT molecular complexity index is 696. The molecule has 2 nitrogen and oxygen atoms in total. The zero-order chi connectivity index (χ0) is 13.8. The van der Waals surface area contributed by atoms with Gasteiger partial charge in [-0.15, -0.1) is 11.3 Å². The van der Waals surface area contributed by atoms with Crippen LogP contribution in [0.5, 0.6) is 5.88 Å². The highest BCUT2D eigenvalue weighted by Gasteiger charge is 2.04. The fourth-order valence-electron chi connectivity index (χ4n) is 1.82. The Morgan fingerprint density at radius 2 is 1.80 bits per heavy atom. The summed E-state index contributed by atoms with van der Waals surface area (Å²) >= 11 is 5.13. The molecule has 0 amide bonds. The maximum atomic E-state index is 5.74. The Balaban J connectivity index is 1.75. The van der Waals surface area contributed by atoms with Crippen LogP contribution in [0.25, 0.3) is 10.6 Å². The van der Waals surface area contributed by atoms with Gasteiger partial charge in [0, 0.05) is 6.07 Å². The molecule has 0 N–H and O–H groups in total. The van der Waals surface area contributed by atoms with Gasteiger partial charge in [0.25, 0.3) is 0 Å². The summed E-state index contributed by atoms with van der Waals surface area (Å²) in [6.45, 7) is 0.533. The highest BCUT2D eigenvalue weighted by Crippen LogP contribution is 2.30. The quantitative estimate of drug-likeness (QED) is 0.652. The van der Waals surface area contributed by atoms with Gasteiger partial charge in [0.1, 0.15) is 6.61 Å². The molecule has 3 aromatic rings. The molecule has 0 radical (unpaired) electrons. The number of aromatic nitrogens is 1. The van der Waals surface area contributed by atoms with Gasteiger partial charge < -0.3 is 4.74 Å².